The van der Waals surface area contributed by atoms with E-state index in [0.717, 1.165) is 16.7 Å². The summed E-state index contributed by atoms with van der Waals surface area (Å²) < 4.78 is 5.83. The fourth-order valence-corrected chi connectivity index (χ4v) is 4.82. The zero-order chi connectivity index (χ0) is 27.9. The molecule has 1 amide bonds. The van der Waals surface area contributed by atoms with Crippen molar-refractivity contribution in [2.45, 2.75) is 66.0 Å². The molecule has 1 aliphatic rings. The van der Waals surface area contributed by atoms with Crippen molar-refractivity contribution in [2.24, 2.45) is 0 Å². The molecule has 6 heteroatoms. The van der Waals surface area contributed by atoms with Gasteiger partial charge >= 0.3 is 0 Å². The summed E-state index contributed by atoms with van der Waals surface area (Å²) in [6, 6.07) is 17.5. The van der Waals surface area contributed by atoms with E-state index in [0.29, 0.717) is 27.6 Å². The quantitative estimate of drug-likeness (QED) is 0.208. The second kappa shape index (κ2) is 10.3. The summed E-state index contributed by atoms with van der Waals surface area (Å²) in [6.07, 6.45) is -0.00382. The molecule has 0 aromatic heterocycles. The van der Waals surface area contributed by atoms with Crippen LogP contribution in [0.5, 0.6) is 5.75 Å². The third-order valence-corrected chi connectivity index (χ3v) is 7.19. The van der Waals surface area contributed by atoms with E-state index in [4.69, 9.17) is 16.3 Å². The number of benzene rings is 3. The van der Waals surface area contributed by atoms with Crippen LogP contribution in [0.4, 0.5) is 5.69 Å². The van der Waals surface area contributed by atoms with E-state index in [-0.39, 0.29) is 22.9 Å². The predicted molar refractivity (Wildman–Crippen MR) is 153 cm³/mol. The van der Waals surface area contributed by atoms with Crippen LogP contribution in [0.2, 0.25) is 5.02 Å². The molecule has 1 aliphatic heterocycles. The van der Waals surface area contributed by atoms with Gasteiger partial charge in [0.15, 0.2) is 0 Å². The molecule has 1 atom stereocenters. The number of nitrogens with zero attached hydrogens (tertiary/aromatic N) is 1. The van der Waals surface area contributed by atoms with E-state index in [1.54, 1.807) is 30.3 Å². The van der Waals surface area contributed by atoms with Crippen LogP contribution in [-0.2, 0) is 15.0 Å². The van der Waals surface area contributed by atoms with E-state index in [2.05, 4.69) is 20.8 Å². The molecule has 0 radical (unpaired) electrons. The Bertz CT molecular complexity index is 1430. The lowest BCUT2D eigenvalue weighted by molar-refractivity contribution is -0.132. The summed E-state index contributed by atoms with van der Waals surface area (Å²) in [5.74, 6) is -0.995. The number of hydrogen-bond acceptors (Lipinski definition) is 4. The molecule has 4 rings (SSSR count). The van der Waals surface area contributed by atoms with E-state index < -0.39 is 17.7 Å². The Hall–Kier alpha value is -3.57. The number of amides is 1. The average molecular weight is 532 g/mol. The summed E-state index contributed by atoms with van der Waals surface area (Å²) in [5.41, 5.74) is 4.40. The first-order valence-corrected chi connectivity index (χ1v) is 13.1. The van der Waals surface area contributed by atoms with Gasteiger partial charge in [0.25, 0.3) is 11.7 Å². The number of carbonyl (C=O) groups excluding carboxylic acids is 2. The highest BCUT2D eigenvalue weighted by Gasteiger charge is 2.47. The molecule has 0 spiro atoms. The van der Waals surface area contributed by atoms with Gasteiger partial charge in [0.2, 0.25) is 0 Å². The van der Waals surface area contributed by atoms with Gasteiger partial charge in [-0.25, -0.2) is 0 Å². The summed E-state index contributed by atoms with van der Waals surface area (Å²) in [6.45, 7) is 14.0. The second-order valence-electron chi connectivity index (χ2n) is 11.1. The number of ether oxygens (including phenoxy) is 1. The summed E-state index contributed by atoms with van der Waals surface area (Å²) in [7, 11) is 0. The first-order chi connectivity index (χ1) is 17.8. The Labute approximate surface area is 229 Å². The normalized spacial score (nSPS) is 17.4. The van der Waals surface area contributed by atoms with Gasteiger partial charge < -0.3 is 9.84 Å². The zero-order valence-electron chi connectivity index (χ0n) is 22.9. The van der Waals surface area contributed by atoms with E-state index in [1.165, 1.54) is 4.90 Å². The van der Waals surface area contributed by atoms with E-state index in [1.807, 2.05) is 58.0 Å². The van der Waals surface area contributed by atoms with Gasteiger partial charge in [-0.3, -0.25) is 14.5 Å². The van der Waals surface area contributed by atoms with Gasteiger partial charge in [-0.05, 0) is 85.7 Å². The SMILES string of the molecule is Cc1ccc(N2C(=O)C(=O)/C(=C(/O)c3ccc(OC(C)C)c(C)c3)C2c2ccc(C(C)(C)C)cc2)cc1Cl. The smallest absolute Gasteiger partial charge is 0.300 e. The monoisotopic (exact) mass is 531 g/mol. The summed E-state index contributed by atoms with van der Waals surface area (Å²) in [5, 5.41) is 12.0. The lowest BCUT2D eigenvalue weighted by Crippen LogP contribution is -2.29. The number of halogens is 1. The van der Waals surface area contributed by atoms with Crippen LogP contribution < -0.4 is 9.64 Å². The van der Waals surface area contributed by atoms with Crippen LogP contribution in [-0.4, -0.2) is 22.9 Å². The molecule has 3 aromatic carbocycles. The maximum absolute atomic E-state index is 13.5. The molecular weight excluding hydrogens is 498 g/mol. The van der Waals surface area contributed by atoms with Crippen LogP contribution >= 0.6 is 11.6 Å². The first-order valence-electron chi connectivity index (χ1n) is 12.7. The molecule has 3 aromatic rings. The minimum Gasteiger partial charge on any atom is -0.507 e. The van der Waals surface area contributed by atoms with Crippen molar-refractivity contribution in [2.75, 3.05) is 4.90 Å². The number of hydrogen-bond donors (Lipinski definition) is 1. The minimum atomic E-state index is -0.824. The van der Waals surface area contributed by atoms with E-state index in [9.17, 15) is 14.7 Å². The van der Waals surface area contributed by atoms with Crippen molar-refractivity contribution in [3.8, 4) is 5.75 Å². The van der Waals surface area contributed by atoms with Crippen LogP contribution in [0, 0.1) is 13.8 Å². The number of rotatable bonds is 5. The number of aliphatic hydroxyl groups is 1. The van der Waals surface area contributed by atoms with Gasteiger partial charge in [-0.15, -0.1) is 0 Å². The number of anilines is 1. The third kappa shape index (κ3) is 5.21. The van der Waals surface area contributed by atoms with Crippen molar-refractivity contribution >= 4 is 34.7 Å². The van der Waals surface area contributed by atoms with Crippen molar-refractivity contribution in [1.82, 2.24) is 0 Å². The number of ketones is 1. The van der Waals surface area contributed by atoms with Crippen LogP contribution in [0.25, 0.3) is 5.76 Å². The summed E-state index contributed by atoms with van der Waals surface area (Å²) >= 11 is 6.41. The Kier molecular flexibility index (Phi) is 7.44. The summed E-state index contributed by atoms with van der Waals surface area (Å²) in [4.78, 5) is 28.4. The lowest BCUT2D eigenvalue weighted by Gasteiger charge is -2.27. The lowest BCUT2D eigenvalue weighted by atomic mass is 9.85. The maximum Gasteiger partial charge on any atom is 0.300 e. The van der Waals surface area contributed by atoms with E-state index >= 15 is 0 Å². The highest BCUT2D eigenvalue weighted by atomic mass is 35.5. The number of Topliss-reactive ketones (excluding diaryl/α,β-unsaturated/α-hetero) is 1. The standard InChI is InChI=1S/C32H34ClNO4/c1-18(2)38-26-15-11-22(16-20(26)4)29(35)27-28(21-9-12-23(13-10-21)32(5,6)7)34(31(37)30(27)36)24-14-8-19(3)25(33)17-24/h8-18,28,35H,1-7H3/b29-27+. The molecule has 1 saturated heterocycles. The van der Waals surface area contributed by atoms with Gasteiger partial charge in [0, 0.05) is 16.3 Å². The van der Waals surface area contributed by atoms with Gasteiger partial charge in [-0.1, -0.05) is 62.7 Å². The maximum atomic E-state index is 13.5. The van der Waals surface area contributed by atoms with Crippen molar-refractivity contribution in [1.29, 1.82) is 0 Å². The fraction of sp³-hybridized carbons (Fsp3) is 0.312. The van der Waals surface area contributed by atoms with Crippen molar-refractivity contribution in [3.05, 3.63) is 99.1 Å². The molecule has 38 heavy (non-hydrogen) atoms. The molecule has 1 fully saturated rings. The number of carbonyl (C=O) groups is 2. The molecule has 1 heterocycles. The van der Waals surface area contributed by atoms with Crippen LogP contribution in [0.1, 0.15) is 68.5 Å². The first kappa shape index (κ1) is 27.5. The Morgan fingerprint density at radius 3 is 2.16 bits per heavy atom. The van der Waals surface area contributed by atoms with Gasteiger partial charge in [0.05, 0.1) is 17.7 Å². The highest BCUT2D eigenvalue weighted by Crippen LogP contribution is 2.43. The third-order valence-electron chi connectivity index (χ3n) is 6.78. The largest absolute Gasteiger partial charge is 0.507 e. The van der Waals surface area contributed by atoms with Crippen molar-refractivity contribution < 1.29 is 19.4 Å². The molecule has 5 nitrogen and oxygen atoms in total. The molecule has 1 N–H and O–H groups in total. The fourth-order valence-electron chi connectivity index (χ4n) is 4.65. The molecular formula is C32H34ClNO4. The molecule has 1 unspecified atom stereocenters. The Morgan fingerprint density at radius 1 is 0.947 bits per heavy atom. The Morgan fingerprint density at radius 2 is 1.61 bits per heavy atom. The predicted octanol–water partition coefficient (Wildman–Crippen LogP) is 7.67. The average Bonchev–Trinajstić information content (AvgIpc) is 3.11. The van der Waals surface area contributed by atoms with Gasteiger partial charge in [-0.2, -0.15) is 0 Å². The molecule has 0 saturated carbocycles. The number of aliphatic hydroxyl groups excluding tert-OH is 1. The molecule has 198 valence electrons. The van der Waals surface area contributed by atoms with Crippen LogP contribution in [0.3, 0.4) is 0 Å². The zero-order valence-corrected chi connectivity index (χ0v) is 23.7. The highest BCUT2D eigenvalue weighted by molar-refractivity contribution is 6.51. The molecule has 0 bridgehead atoms. The minimum absolute atomic E-state index is 0.00382. The Balaban J connectivity index is 1.91. The van der Waals surface area contributed by atoms with Gasteiger partial charge in [0.1, 0.15) is 11.5 Å². The van der Waals surface area contributed by atoms with Crippen LogP contribution in [0.15, 0.2) is 66.2 Å². The topological polar surface area (TPSA) is 66.8 Å². The number of aryl methyl sites for hydroxylation is 2. The van der Waals surface area contributed by atoms with Crippen molar-refractivity contribution in [3.63, 3.8) is 0 Å². The molecule has 0 aliphatic carbocycles. The second-order valence-corrected chi connectivity index (χ2v) is 11.5.